The van der Waals surface area contributed by atoms with Crippen molar-refractivity contribution in [3.05, 3.63) is 17.5 Å². The monoisotopic (exact) mass is 196 g/mol. The molecule has 2 N–H and O–H groups in total. The molecular weight excluding hydrogens is 180 g/mol. The number of hydrogen-bond acceptors (Lipinski definition) is 4. The Morgan fingerprint density at radius 3 is 2.93 bits per heavy atom. The standard InChI is InChI=1S/C10H16N2O2/c11-4-1-9-7-10(12-14-9)8-2-5-13-6-3-8/h7-8H,1-6,11H2. The maximum absolute atomic E-state index is 5.44. The summed E-state index contributed by atoms with van der Waals surface area (Å²) in [5.41, 5.74) is 6.51. The van der Waals surface area contributed by atoms with Crippen molar-refractivity contribution in [2.24, 2.45) is 5.73 Å². The van der Waals surface area contributed by atoms with Crippen molar-refractivity contribution in [2.45, 2.75) is 25.2 Å². The van der Waals surface area contributed by atoms with Gasteiger partial charge in [-0.2, -0.15) is 0 Å². The van der Waals surface area contributed by atoms with Crippen LogP contribution in [-0.2, 0) is 11.2 Å². The van der Waals surface area contributed by atoms with Gasteiger partial charge in [-0.05, 0) is 19.4 Å². The Balaban J connectivity index is 2.00. The predicted molar refractivity (Wildman–Crippen MR) is 52.1 cm³/mol. The normalized spacial score (nSPS) is 18.6. The predicted octanol–water partition coefficient (Wildman–Crippen LogP) is 1.07. The topological polar surface area (TPSA) is 61.3 Å². The number of nitrogens with two attached hydrogens (primary N) is 1. The molecule has 0 aliphatic carbocycles. The number of hydrogen-bond donors (Lipinski definition) is 1. The highest BCUT2D eigenvalue weighted by molar-refractivity contribution is 5.11. The summed E-state index contributed by atoms with van der Waals surface area (Å²) in [6.07, 6.45) is 2.87. The minimum atomic E-state index is 0.513. The molecule has 4 nitrogen and oxygen atoms in total. The lowest BCUT2D eigenvalue weighted by atomic mass is 9.96. The molecule has 1 aromatic rings. The summed E-state index contributed by atoms with van der Waals surface area (Å²) in [6.45, 7) is 2.29. The number of rotatable bonds is 3. The molecule has 1 aromatic heterocycles. The van der Waals surface area contributed by atoms with Gasteiger partial charge < -0.3 is 15.0 Å². The fraction of sp³-hybridized carbons (Fsp3) is 0.700. The van der Waals surface area contributed by atoms with E-state index in [0.29, 0.717) is 12.5 Å². The van der Waals surface area contributed by atoms with Crippen LogP contribution in [0.4, 0.5) is 0 Å². The lowest BCUT2D eigenvalue weighted by molar-refractivity contribution is 0.0838. The maximum Gasteiger partial charge on any atom is 0.138 e. The molecule has 2 rings (SSSR count). The Kier molecular flexibility index (Phi) is 3.16. The minimum Gasteiger partial charge on any atom is -0.381 e. The third-order valence-electron chi connectivity index (χ3n) is 2.61. The third-order valence-corrected chi connectivity index (χ3v) is 2.61. The second-order valence-corrected chi connectivity index (χ2v) is 3.64. The fourth-order valence-corrected chi connectivity index (χ4v) is 1.77. The molecular formula is C10H16N2O2. The zero-order valence-electron chi connectivity index (χ0n) is 8.24. The van der Waals surface area contributed by atoms with Crippen molar-refractivity contribution in [3.8, 4) is 0 Å². The van der Waals surface area contributed by atoms with E-state index in [1.165, 1.54) is 0 Å². The molecule has 0 atom stereocenters. The molecule has 0 amide bonds. The molecule has 0 spiro atoms. The van der Waals surface area contributed by atoms with Crippen LogP contribution in [0.5, 0.6) is 0 Å². The van der Waals surface area contributed by atoms with Crippen molar-refractivity contribution in [1.29, 1.82) is 0 Å². The Morgan fingerprint density at radius 2 is 2.21 bits per heavy atom. The SMILES string of the molecule is NCCc1cc(C2CCOCC2)no1. The van der Waals surface area contributed by atoms with Gasteiger partial charge in [0.05, 0.1) is 5.69 Å². The first-order chi connectivity index (χ1) is 6.90. The van der Waals surface area contributed by atoms with Gasteiger partial charge in [0, 0.05) is 31.6 Å². The molecule has 0 saturated carbocycles. The quantitative estimate of drug-likeness (QED) is 0.785. The fourth-order valence-electron chi connectivity index (χ4n) is 1.77. The van der Waals surface area contributed by atoms with E-state index in [-0.39, 0.29) is 0 Å². The van der Waals surface area contributed by atoms with Gasteiger partial charge in [-0.1, -0.05) is 5.16 Å². The third kappa shape index (κ3) is 2.13. The van der Waals surface area contributed by atoms with E-state index in [2.05, 4.69) is 5.16 Å². The molecule has 0 radical (unpaired) electrons. The average molecular weight is 196 g/mol. The van der Waals surface area contributed by atoms with E-state index >= 15 is 0 Å². The summed E-state index contributed by atoms with van der Waals surface area (Å²) >= 11 is 0. The van der Waals surface area contributed by atoms with Gasteiger partial charge in [-0.3, -0.25) is 0 Å². The van der Waals surface area contributed by atoms with Gasteiger partial charge in [-0.15, -0.1) is 0 Å². The van der Waals surface area contributed by atoms with Crippen molar-refractivity contribution in [3.63, 3.8) is 0 Å². The number of nitrogens with zero attached hydrogens (tertiary/aromatic N) is 1. The summed E-state index contributed by atoms with van der Waals surface area (Å²) in [5, 5.41) is 4.07. The van der Waals surface area contributed by atoms with Crippen molar-refractivity contribution in [1.82, 2.24) is 5.16 Å². The molecule has 4 heteroatoms. The summed E-state index contributed by atoms with van der Waals surface area (Å²) < 4.78 is 10.5. The highest BCUT2D eigenvalue weighted by atomic mass is 16.5. The Morgan fingerprint density at radius 1 is 1.43 bits per heavy atom. The van der Waals surface area contributed by atoms with Crippen LogP contribution in [0, 0.1) is 0 Å². The van der Waals surface area contributed by atoms with Gasteiger partial charge in [0.2, 0.25) is 0 Å². The van der Waals surface area contributed by atoms with E-state index < -0.39 is 0 Å². The molecule has 2 heterocycles. The molecule has 1 saturated heterocycles. The highest BCUT2D eigenvalue weighted by Crippen LogP contribution is 2.26. The number of aromatic nitrogens is 1. The largest absolute Gasteiger partial charge is 0.381 e. The van der Waals surface area contributed by atoms with Crippen LogP contribution in [0.2, 0.25) is 0 Å². The van der Waals surface area contributed by atoms with E-state index in [4.69, 9.17) is 15.0 Å². The molecule has 0 unspecified atom stereocenters. The zero-order valence-corrected chi connectivity index (χ0v) is 8.24. The first-order valence-corrected chi connectivity index (χ1v) is 5.13. The van der Waals surface area contributed by atoms with Crippen LogP contribution in [0.1, 0.15) is 30.2 Å². The smallest absolute Gasteiger partial charge is 0.138 e. The first-order valence-electron chi connectivity index (χ1n) is 5.13. The molecule has 14 heavy (non-hydrogen) atoms. The van der Waals surface area contributed by atoms with Crippen molar-refractivity contribution < 1.29 is 9.26 Å². The summed E-state index contributed by atoms with van der Waals surface area (Å²) in [4.78, 5) is 0. The van der Waals surface area contributed by atoms with Crippen molar-refractivity contribution >= 4 is 0 Å². The summed E-state index contributed by atoms with van der Waals surface area (Å²) in [5.74, 6) is 1.41. The zero-order chi connectivity index (χ0) is 9.80. The molecule has 1 fully saturated rings. The van der Waals surface area contributed by atoms with Gasteiger partial charge in [-0.25, -0.2) is 0 Å². The minimum absolute atomic E-state index is 0.513. The lowest BCUT2D eigenvalue weighted by Gasteiger charge is -2.19. The average Bonchev–Trinajstić information content (AvgIpc) is 2.68. The first kappa shape index (κ1) is 9.68. The second kappa shape index (κ2) is 4.57. The van der Waals surface area contributed by atoms with E-state index in [1.54, 1.807) is 0 Å². The van der Waals surface area contributed by atoms with Crippen LogP contribution < -0.4 is 5.73 Å². The molecule has 0 bridgehead atoms. The van der Waals surface area contributed by atoms with Crippen LogP contribution >= 0.6 is 0 Å². The molecule has 0 aromatic carbocycles. The summed E-state index contributed by atoms with van der Waals surface area (Å²) in [6, 6.07) is 2.03. The van der Waals surface area contributed by atoms with E-state index in [0.717, 1.165) is 43.9 Å². The molecule has 1 aliphatic heterocycles. The summed E-state index contributed by atoms with van der Waals surface area (Å²) in [7, 11) is 0. The highest BCUT2D eigenvalue weighted by Gasteiger charge is 2.19. The van der Waals surface area contributed by atoms with E-state index in [9.17, 15) is 0 Å². The van der Waals surface area contributed by atoms with Gasteiger partial charge in [0.15, 0.2) is 0 Å². The second-order valence-electron chi connectivity index (χ2n) is 3.64. The number of ether oxygens (including phenoxy) is 1. The van der Waals surface area contributed by atoms with E-state index in [1.807, 2.05) is 6.07 Å². The lowest BCUT2D eigenvalue weighted by Crippen LogP contribution is -2.14. The Hall–Kier alpha value is -0.870. The maximum atomic E-state index is 5.44. The van der Waals surface area contributed by atoms with Gasteiger partial charge in [0.1, 0.15) is 5.76 Å². The van der Waals surface area contributed by atoms with Crippen LogP contribution in [-0.4, -0.2) is 24.9 Å². The van der Waals surface area contributed by atoms with Gasteiger partial charge in [0.25, 0.3) is 0 Å². The van der Waals surface area contributed by atoms with Crippen LogP contribution in [0.25, 0.3) is 0 Å². The Labute approximate surface area is 83.4 Å². The molecule has 78 valence electrons. The van der Waals surface area contributed by atoms with Crippen LogP contribution in [0.15, 0.2) is 10.6 Å². The van der Waals surface area contributed by atoms with Crippen molar-refractivity contribution in [2.75, 3.05) is 19.8 Å². The Bertz CT molecular complexity index is 279. The van der Waals surface area contributed by atoms with Crippen LogP contribution in [0.3, 0.4) is 0 Å². The van der Waals surface area contributed by atoms with Gasteiger partial charge >= 0.3 is 0 Å². The molecule has 1 aliphatic rings.